The molecule has 3 aromatic carbocycles. The van der Waals surface area contributed by atoms with E-state index >= 15 is 0 Å². The molecule has 0 saturated carbocycles. The van der Waals surface area contributed by atoms with Crippen LogP contribution in [0.25, 0.3) is 0 Å². The summed E-state index contributed by atoms with van der Waals surface area (Å²) in [5, 5.41) is 6.60. The van der Waals surface area contributed by atoms with Crippen LogP contribution in [0.3, 0.4) is 0 Å². The van der Waals surface area contributed by atoms with Gasteiger partial charge in [-0.05, 0) is 54.1 Å². The van der Waals surface area contributed by atoms with E-state index in [1.165, 1.54) is 25.5 Å². The number of rotatable bonds is 6. The molecule has 2 N–H and O–H groups in total. The topological polar surface area (TPSA) is 106 Å². The number of hydrazone groups is 1. The van der Waals surface area contributed by atoms with Gasteiger partial charge >= 0.3 is 17.8 Å². The quantitative estimate of drug-likeness (QED) is 0.195. The number of carbonyl (C=O) groups is 3. The van der Waals surface area contributed by atoms with Crippen LogP contribution < -0.4 is 20.2 Å². The first-order valence-electron chi connectivity index (χ1n) is 9.31. The van der Waals surface area contributed by atoms with Crippen LogP contribution in [0.15, 0.2) is 77.9 Å². The Labute approximate surface area is 188 Å². The highest BCUT2D eigenvalue weighted by Crippen LogP contribution is 2.28. The second kappa shape index (κ2) is 10.7. The van der Waals surface area contributed by atoms with Crippen LogP contribution in [0, 0.1) is 0 Å². The molecule has 0 radical (unpaired) electrons. The summed E-state index contributed by atoms with van der Waals surface area (Å²) in [5.41, 5.74) is 3.45. The van der Waals surface area contributed by atoms with Gasteiger partial charge in [0.25, 0.3) is 0 Å². The number of anilines is 1. The molecule has 0 aliphatic carbocycles. The lowest BCUT2D eigenvalue weighted by Gasteiger charge is -2.10. The van der Waals surface area contributed by atoms with Crippen LogP contribution >= 0.6 is 11.6 Å². The van der Waals surface area contributed by atoms with Gasteiger partial charge in [0.2, 0.25) is 0 Å². The number of hydrogen-bond acceptors (Lipinski definition) is 6. The van der Waals surface area contributed by atoms with Crippen molar-refractivity contribution in [3.8, 4) is 11.5 Å². The maximum atomic E-state index is 12.2. The third-order valence-electron chi connectivity index (χ3n) is 4.07. The first-order valence-corrected chi connectivity index (χ1v) is 9.69. The molecule has 0 bridgehead atoms. The van der Waals surface area contributed by atoms with Gasteiger partial charge in [-0.3, -0.25) is 9.59 Å². The molecule has 32 heavy (non-hydrogen) atoms. The number of carbonyl (C=O) groups excluding carboxylic acids is 3. The Morgan fingerprint density at radius 3 is 2.41 bits per heavy atom. The number of halogens is 1. The Morgan fingerprint density at radius 2 is 1.69 bits per heavy atom. The van der Waals surface area contributed by atoms with Crippen LogP contribution in [0.4, 0.5) is 5.69 Å². The molecule has 0 unspecified atom stereocenters. The number of nitrogens with one attached hydrogen (secondary N) is 2. The first kappa shape index (κ1) is 22.5. The van der Waals surface area contributed by atoms with Gasteiger partial charge in [0, 0.05) is 10.7 Å². The number of methoxy groups -OCH3 is 1. The number of benzene rings is 3. The van der Waals surface area contributed by atoms with Crippen LogP contribution in [-0.4, -0.2) is 31.1 Å². The zero-order valence-electron chi connectivity index (χ0n) is 16.9. The minimum absolute atomic E-state index is 0.225. The molecule has 3 aromatic rings. The monoisotopic (exact) mass is 451 g/mol. The Balaban J connectivity index is 1.60. The summed E-state index contributed by atoms with van der Waals surface area (Å²) in [6.45, 7) is 0. The Bertz CT molecular complexity index is 1170. The van der Waals surface area contributed by atoms with Gasteiger partial charge in [-0.1, -0.05) is 35.9 Å². The van der Waals surface area contributed by atoms with Gasteiger partial charge in [-0.25, -0.2) is 10.2 Å². The lowest BCUT2D eigenvalue weighted by atomic mass is 10.2. The number of hydrogen-bond donors (Lipinski definition) is 2. The molecule has 0 atom stereocenters. The summed E-state index contributed by atoms with van der Waals surface area (Å²) in [4.78, 5) is 36.1. The molecule has 3 rings (SSSR count). The van der Waals surface area contributed by atoms with Crippen molar-refractivity contribution in [1.82, 2.24) is 5.43 Å². The van der Waals surface area contributed by atoms with E-state index in [2.05, 4.69) is 15.8 Å². The third kappa shape index (κ3) is 6.16. The van der Waals surface area contributed by atoms with Crippen LogP contribution in [0.1, 0.15) is 15.9 Å². The van der Waals surface area contributed by atoms with Crippen molar-refractivity contribution < 1.29 is 23.9 Å². The van der Waals surface area contributed by atoms with E-state index in [-0.39, 0.29) is 5.75 Å². The molecule has 0 aliphatic heterocycles. The maximum absolute atomic E-state index is 12.2. The van der Waals surface area contributed by atoms with Crippen LogP contribution in [0.5, 0.6) is 11.5 Å². The molecule has 0 aliphatic rings. The van der Waals surface area contributed by atoms with Gasteiger partial charge in [0.15, 0.2) is 11.5 Å². The number of nitrogens with zero attached hydrogens (tertiary/aromatic N) is 1. The average molecular weight is 452 g/mol. The van der Waals surface area contributed by atoms with Crippen LogP contribution in [0.2, 0.25) is 5.02 Å². The minimum atomic E-state index is -0.957. The van der Waals surface area contributed by atoms with Gasteiger partial charge in [-0.15, -0.1) is 0 Å². The van der Waals surface area contributed by atoms with Gasteiger partial charge < -0.3 is 14.8 Å². The standard InChI is InChI=1S/C23H18ClN3O5/c1-31-20-12-15(10-11-19(20)32-23(30)16-6-3-2-4-7-16)14-25-27-22(29)21(28)26-18-9-5-8-17(24)13-18/h2-14H,1H3,(H,26,28)(H,27,29). The first-order chi connectivity index (χ1) is 15.5. The van der Waals surface area contributed by atoms with E-state index in [0.29, 0.717) is 27.6 Å². The normalized spacial score (nSPS) is 10.4. The fourth-order valence-corrected chi connectivity index (χ4v) is 2.74. The van der Waals surface area contributed by atoms with Gasteiger partial charge in [0.1, 0.15) is 0 Å². The fourth-order valence-electron chi connectivity index (χ4n) is 2.55. The summed E-state index contributed by atoms with van der Waals surface area (Å²) in [7, 11) is 1.43. The molecule has 0 aromatic heterocycles. The molecular weight excluding hydrogens is 434 g/mol. The summed E-state index contributed by atoms with van der Waals surface area (Å²) >= 11 is 5.84. The predicted molar refractivity (Wildman–Crippen MR) is 120 cm³/mol. The van der Waals surface area contributed by atoms with E-state index in [1.54, 1.807) is 60.7 Å². The molecule has 2 amide bonds. The second-order valence-electron chi connectivity index (χ2n) is 6.33. The lowest BCUT2D eigenvalue weighted by molar-refractivity contribution is -0.136. The molecule has 0 spiro atoms. The number of amides is 2. The molecule has 0 saturated heterocycles. The Hall–Kier alpha value is -4.17. The molecule has 162 valence electrons. The van der Waals surface area contributed by atoms with E-state index in [1.807, 2.05) is 0 Å². The van der Waals surface area contributed by atoms with Crippen molar-refractivity contribution in [2.75, 3.05) is 12.4 Å². The zero-order chi connectivity index (χ0) is 22.9. The summed E-state index contributed by atoms with van der Waals surface area (Å²) in [6, 6.07) is 19.6. The smallest absolute Gasteiger partial charge is 0.343 e. The summed E-state index contributed by atoms with van der Waals surface area (Å²) in [6.07, 6.45) is 1.32. The maximum Gasteiger partial charge on any atom is 0.343 e. The molecule has 9 heteroatoms. The van der Waals surface area contributed by atoms with E-state index in [0.717, 1.165) is 0 Å². The van der Waals surface area contributed by atoms with E-state index in [9.17, 15) is 14.4 Å². The van der Waals surface area contributed by atoms with Crippen LogP contribution in [-0.2, 0) is 9.59 Å². The van der Waals surface area contributed by atoms with E-state index in [4.69, 9.17) is 21.1 Å². The van der Waals surface area contributed by atoms with Crippen molar-refractivity contribution in [3.05, 3.63) is 88.9 Å². The number of esters is 1. The van der Waals surface area contributed by atoms with E-state index < -0.39 is 17.8 Å². The second-order valence-corrected chi connectivity index (χ2v) is 6.77. The summed E-state index contributed by atoms with van der Waals surface area (Å²) in [5.74, 6) is -1.86. The highest BCUT2D eigenvalue weighted by atomic mass is 35.5. The SMILES string of the molecule is COc1cc(C=NNC(=O)C(=O)Nc2cccc(Cl)c2)ccc1OC(=O)c1ccccc1. The highest BCUT2D eigenvalue weighted by molar-refractivity contribution is 6.39. The van der Waals surface area contributed by atoms with Crippen molar-refractivity contribution in [1.29, 1.82) is 0 Å². The van der Waals surface area contributed by atoms with Crippen molar-refractivity contribution in [3.63, 3.8) is 0 Å². The van der Waals surface area contributed by atoms with Crippen molar-refractivity contribution >= 4 is 41.3 Å². The highest BCUT2D eigenvalue weighted by Gasteiger charge is 2.14. The van der Waals surface area contributed by atoms with Crippen molar-refractivity contribution in [2.45, 2.75) is 0 Å². The third-order valence-corrected chi connectivity index (χ3v) is 4.30. The fraction of sp³-hybridized carbons (Fsp3) is 0.0435. The molecule has 8 nitrogen and oxygen atoms in total. The average Bonchev–Trinajstić information content (AvgIpc) is 2.80. The molecular formula is C23H18ClN3O5. The number of ether oxygens (including phenoxy) is 2. The Morgan fingerprint density at radius 1 is 0.906 bits per heavy atom. The van der Waals surface area contributed by atoms with Crippen molar-refractivity contribution in [2.24, 2.45) is 5.10 Å². The van der Waals surface area contributed by atoms with Gasteiger partial charge in [0.05, 0.1) is 18.9 Å². The predicted octanol–water partition coefficient (Wildman–Crippen LogP) is 3.66. The molecule has 0 heterocycles. The minimum Gasteiger partial charge on any atom is -0.493 e. The van der Waals surface area contributed by atoms with Gasteiger partial charge in [-0.2, -0.15) is 5.10 Å². The summed E-state index contributed by atoms with van der Waals surface area (Å²) < 4.78 is 10.6. The Kier molecular flexibility index (Phi) is 7.55. The zero-order valence-corrected chi connectivity index (χ0v) is 17.6. The largest absolute Gasteiger partial charge is 0.493 e. The lowest BCUT2D eigenvalue weighted by Crippen LogP contribution is -2.32. The molecule has 0 fully saturated rings.